The van der Waals surface area contributed by atoms with Crippen molar-refractivity contribution in [3.8, 4) is 0 Å². The second kappa shape index (κ2) is 14.2. The van der Waals surface area contributed by atoms with Gasteiger partial charge in [0.1, 0.15) is 5.69 Å². The second-order valence-corrected chi connectivity index (χ2v) is 17.4. The number of aliphatic hydroxyl groups is 3. The van der Waals surface area contributed by atoms with Crippen molar-refractivity contribution in [1.82, 2.24) is 9.80 Å². The molecule has 49 heavy (non-hydrogen) atoms. The molecule has 4 aliphatic carbocycles. The average Bonchev–Trinajstić information content (AvgIpc) is 3.45. The number of carbonyl (C=O) groups is 2. The first-order valence-corrected chi connectivity index (χ1v) is 19.1. The summed E-state index contributed by atoms with van der Waals surface area (Å²) >= 11 is 0. The second-order valence-electron chi connectivity index (χ2n) is 17.4. The van der Waals surface area contributed by atoms with Gasteiger partial charge in [-0.2, -0.15) is 0 Å². The minimum atomic E-state index is -0.404. The van der Waals surface area contributed by atoms with Gasteiger partial charge in [0.25, 0.3) is 0 Å². The summed E-state index contributed by atoms with van der Waals surface area (Å²) in [6.45, 7) is 8.41. The molecule has 0 aliphatic heterocycles. The van der Waals surface area contributed by atoms with Gasteiger partial charge in [0.05, 0.1) is 39.0 Å². The summed E-state index contributed by atoms with van der Waals surface area (Å²) in [6.07, 6.45) is 7.30. The highest BCUT2D eigenvalue weighted by Crippen LogP contribution is 2.68. The van der Waals surface area contributed by atoms with Crippen LogP contribution in [0.15, 0.2) is 54.6 Å². The van der Waals surface area contributed by atoms with Crippen LogP contribution in [0.1, 0.15) is 101 Å². The van der Waals surface area contributed by atoms with E-state index in [-0.39, 0.29) is 40.6 Å². The van der Waals surface area contributed by atoms with Gasteiger partial charge in [-0.15, -0.1) is 0 Å². The van der Waals surface area contributed by atoms with E-state index in [1.807, 2.05) is 54.6 Å². The number of benzene rings is 2. The normalized spacial score (nSPS) is 36.2. The summed E-state index contributed by atoms with van der Waals surface area (Å²) in [5.74, 6) is 1.89. The number of ketones is 1. The number of nitrogens with one attached hydrogen (secondary N) is 1. The molecule has 4 aliphatic rings. The summed E-state index contributed by atoms with van der Waals surface area (Å²) in [5.41, 5.74) is 2.33. The fourth-order valence-electron chi connectivity index (χ4n) is 11.4. The number of amides is 1. The third-order valence-electron chi connectivity index (χ3n) is 14.4. The van der Waals surface area contributed by atoms with Crippen molar-refractivity contribution in [3.63, 3.8) is 0 Å². The quantitative estimate of drug-likeness (QED) is 0.126. The lowest BCUT2D eigenvalue weighted by molar-refractivity contribution is -0.207. The lowest BCUT2D eigenvalue weighted by Crippen LogP contribution is -2.62. The van der Waals surface area contributed by atoms with Crippen LogP contribution in [0.5, 0.6) is 0 Å². The summed E-state index contributed by atoms with van der Waals surface area (Å²) < 4.78 is 0.661. The zero-order chi connectivity index (χ0) is 35.1. The zero-order valence-corrected chi connectivity index (χ0v) is 30.5. The number of hydrogen-bond acceptors (Lipinski definition) is 5. The summed E-state index contributed by atoms with van der Waals surface area (Å²) in [7, 11) is 4.30. The molecule has 7 heteroatoms. The molecule has 1 amide bonds. The maximum atomic E-state index is 13.0. The van der Waals surface area contributed by atoms with Crippen molar-refractivity contribution < 1.29 is 24.9 Å². The van der Waals surface area contributed by atoms with Crippen molar-refractivity contribution in [1.29, 1.82) is 0 Å². The highest BCUT2D eigenvalue weighted by molar-refractivity contribution is 6.09. The molecule has 4 N–H and O–H groups in total. The van der Waals surface area contributed by atoms with Crippen LogP contribution >= 0.6 is 0 Å². The molecule has 0 radical (unpaired) electrons. The Morgan fingerprint density at radius 2 is 1.59 bits per heavy atom. The first-order chi connectivity index (χ1) is 23.3. The van der Waals surface area contributed by atoms with Crippen LogP contribution in [0.25, 0.3) is 0 Å². The Kier molecular flexibility index (Phi) is 10.5. The van der Waals surface area contributed by atoms with Crippen LogP contribution in [-0.4, -0.2) is 72.5 Å². The van der Waals surface area contributed by atoms with Crippen molar-refractivity contribution >= 4 is 17.4 Å². The minimum Gasteiger partial charge on any atom is -0.393 e. The molecule has 4 saturated carbocycles. The molecule has 0 heterocycles. The van der Waals surface area contributed by atoms with Gasteiger partial charge < -0.3 is 20.6 Å². The largest absolute Gasteiger partial charge is 0.393 e. The van der Waals surface area contributed by atoms with E-state index in [9.17, 15) is 24.9 Å². The van der Waals surface area contributed by atoms with E-state index < -0.39 is 6.10 Å². The molecule has 1 unspecified atom stereocenters. The van der Waals surface area contributed by atoms with Crippen LogP contribution in [0.3, 0.4) is 0 Å². The van der Waals surface area contributed by atoms with Gasteiger partial charge in [-0.3, -0.25) is 14.1 Å². The summed E-state index contributed by atoms with van der Waals surface area (Å²) in [5, 5.41) is 37.0. The molecule has 0 spiro atoms. The lowest BCUT2D eigenvalue weighted by atomic mass is 9.43. The smallest absolute Gasteiger partial charge is 0.220 e. The van der Waals surface area contributed by atoms with Gasteiger partial charge in [0.15, 0.2) is 5.78 Å². The number of carbonyl (C=O) groups excluding carboxylic acids is 2. The third-order valence-corrected chi connectivity index (χ3v) is 14.4. The minimum absolute atomic E-state index is 0.0249. The fraction of sp³-hybridized carbons (Fsp3) is 0.667. The molecule has 2 aromatic carbocycles. The molecule has 0 bridgehead atoms. The number of nitrogens with zero attached hydrogens (tertiary/aromatic N) is 1. The predicted octanol–water partition coefficient (Wildman–Crippen LogP) is 6.37. The van der Waals surface area contributed by atoms with Crippen LogP contribution in [0, 0.1) is 46.3 Å². The van der Waals surface area contributed by atoms with Crippen molar-refractivity contribution in [2.24, 2.45) is 46.3 Å². The first kappa shape index (κ1) is 36.2. The van der Waals surface area contributed by atoms with Crippen molar-refractivity contribution in [2.75, 3.05) is 27.2 Å². The Morgan fingerprint density at radius 1 is 0.898 bits per heavy atom. The molecule has 2 aromatic rings. The Bertz CT molecular complexity index is 1460. The summed E-state index contributed by atoms with van der Waals surface area (Å²) in [4.78, 5) is 25.8. The molecular weight excluding hydrogens is 612 g/mol. The number of fused-ring (bicyclic) bond motifs is 5. The molecular formula is C42H61N2O5+. The van der Waals surface area contributed by atoms with Crippen LogP contribution in [0.4, 0.5) is 5.69 Å². The fourth-order valence-corrected chi connectivity index (χ4v) is 11.4. The van der Waals surface area contributed by atoms with E-state index >= 15 is 0 Å². The predicted molar refractivity (Wildman–Crippen MR) is 195 cm³/mol. The third kappa shape index (κ3) is 6.90. The van der Waals surface area contributed by atoms with Crippen molar-refractivity contribution in [2.45, 2.75) is 103 Å². The highest BCUT2D eigenvalue weighted by atomic mass is 16.3. The van der Waals surface area contributed by atoms with Gasteiger partial charge in [-0.05, 0) is 122 Å². The number of quaternary nitrogens is 1. The maximum Gasteiger partial charge on any atom is 0.220 e. The molecule has 11 atom stereocenters. The van der Waals surface area contributed by atoms with Gasteiger partial charge in [0, 0.05) is 30.5 Å². The molecule has 0 saturated heterocycles. The van der Waals surface area contributed by atoms with Crippen molar-refractivity contribution in [3.05, 3.63) is 65.7 Å². The molecule has 268 valence electrons. The molecule has 4 fully saturated rings. The van der Waals surface area contributed by atoms with Crippen LogP contribution in [-0.2, 0) is 4.79 Å². The van der Waals surface area contributed by atoms with E-state index in [1.54, 1.807) is 0 Å². The average molecular weight is 674 g/mol. The van der Waals surface area contributed by atoms with Gasteiger partial charge >= 0.3 is 0 Å². The van der Waals surface area contributed by atoms with Crippen LogP contribution in [0.2, 0.25) is 0 Å². The topological polar surface area (TPSA) is 107 Å². The van der Waals surface area contributed by atoms with Gasteiger partial charge in [0.2, 0.25) is 5.91 Å². The van der Waals surface area contributed by atoms with E-state index in [1.165, 1.54) is 0 Å². The van der Waals surface area contributed by atoms with Crippen LogP contribution < -0.4 is 9.80 Å². The molecule has 0 aromatic heterocycles. The molecule has 7 nitrogen and oxygen atoms in total. The van der Waals surface area contributed by atoms with E-state index in [2.05, 4.69) is 40.2 Å². The monoisotopic (exact) mass is 673 g/mol. The molecule has 6 rings (SSSR count). The standard InChI is InChI=1S/C42H60N2O5/c1-27(33-17-18-34-39-35(26-37(47)42(33,34)3)41(2)21-20-32(45)24-30(41)25-36(39)46)12-19-38(48)43-22-9-23-44(4,5)31-15-13-29(14-16-31)40(49)28-10-7-6-8-11-28/h6-8,10-11,13-16,27,30,32-37,39,45-47H,9,12,17-26H2,1-5H3/p+1/t27-,30+,32-,33?,34+,35+,36-,37+,39+,41+,42-/m1/s1. The van der Waals surface area contributed by atoms with E-state index in [4.69, 9.17) is 0 Å². The maximum absolute atomic E-state index is 13.0. The van der Waals surface area contributed by atoms with Gasteiger partial charge in [-0.25, -0.2) is 0 Å². The number of hydrogen-bond donors (Lipinski definition) is 4. The number of aliphatic hydroxyl groups excluding tert-OH is 3. The highest BCUT2D eigenvalue weighted by Gasteiger charge is 2.65. The first-order valence-electron chi connectivity index (χ1n) is 19.1. The lowest BCUT2D eigenvalue weighted by Gasteiger charge is -2.63. The Balaban J connectivity index is 0.974. The SMILES string of the molecule is C[C@H](CCC(=O)NCCC[N+](C)(C)c1ccc(C(=O)c2ccccc2)cc1)C1CC[C@H]2[C@@H]3[C@H](O)C[C@@H]4C[C@H](O)CC[C@]4(C)[C@H]3C[C@H](O)[C@]12C. The zero-order valence-electron chi connectivity index (χ0n) is 30.5. The number of rotatable bonds is 11. The Morgan fingerprint density at radius 3 is 2.31 bits per heavy atom. The Labute approximate surface area is 294 Å². The van der Waals surface area contributed by atoms with Gasteiger partial charge in [-0.1, -0.05) is 51.1 Å². The van der Waals surface area contributed by atoms with E-state index in [0.717, 1.165) is 70.0 Å². The Hall–Kier alpha value is -2.58. The summed E-state index contributed by atoms with van der Waals surface area (Å²) in [6, 6.07) is 17.2. The van der Waals surface area contributed by atoms with E-state index in [0.29, 0.717) is 58.2 Å².